The Labute approximate surface area is 206 Å². The fourth-order valence-corrected chi connectivity index (χ4v) is 3.92. The number of carbonyl (C=O) groups excluding carboxylic acids is 3. The molecule has 0 saturated heterocycles. The van der Waals surface area contributed by atoms with Crippen molar-refractivity contribution in [3.63, 3.8) is 0 Å². The van der Waals surface area contributed by atoms with Gasteiger partial charge >= 0.3 is 6.15 Å². The average Bonchev–Trinajstić information content (AvgIpc) is 3.26. The SMILES string of the molecule is CC(C)CC[C@H](C)NC(=O)c1ccc2c(c1)ncn2Cc1ccc(-c2ccccc2)cc1.O=C=O. The van der Waals surface area contributed by atoms with Gasteiger partial charge in [-0.2, -0.15) is 9.59 Å². The van der Waals surface area contributed by atoms with E-state index in [9.17, 15) is 4.79 Å². The van der Waals surface area contributed by atoms with E-state index >= 15 is 0 Å². The number of nitrogens with zero attached hydrogens (tertiary/aromatic N) is 2. The number of nitrogens with one attached hydrogen (secondary N) is 1. The minimum absolute atomic E-state index is 0.0331. The van der Waals surface area contributed by atoms with Crippen LogP contribution in [0.5, 0.6) is 0 Å². The van der Waals surface area contributed by atoms with Crippen LogP contribution < -0.4 is 5.32 Å². The first-order chi connectivity index (χ1) is 16.9. The second kappa shape index (κ2) is 12.4. The van der Waals surface area contributed by atoms with Gasteiger partial charge in [0.15, 0.2) is 0 Å². The Morgan fingerprint density at radius 3 is 2.23 bits per heavy atom. The van der Waals surface area contributed by atoms with E-state index < -0.39 is 0 Å². The summed E-state index contributed by atoms with van der Waals surface area (Å²) in [6.07, 6.45) is 4.20. The molecular weight excluding hydrogens is 438 g/mol. The maximum atomic E-state index is 12.6. The second-order valence-electron chi connectivity index (χ2n) is 9.07. The van der Waals surface area contributed by atoms with Gasteiger partial charge in [-0.3, -0.25) is 4.79 Å². The highest BCUT2D eigenvalue weighted by molar-refractivity contribution is 5.97. The molecule has 0 aliphatic heterocycles. The standard InChI is InChI=1S/C28H31N3O.CO2/c1-20(2)9-10-21(3)30-28(32)25-15-16-27-26(17-25)29-19-31(27)18-22-11-13-24(14-12-22)23-7-5-4-6-8-23;2-1-3/h4-8,11-17,19-21H,9-10,18H2,1-3H3,(H,30,32);/t21-;/m0./s1. The van der Waals surface area contributed by atoms with E-state index in [0.717, 1.165) is 30.4 Å². The number of imidazole rings is 1. The summed E-state index contributed by atoms with van der Waals surface area (Å²) in [6, 6.07) is 25.0. The fourth-order valence-electron chi connectivity index (χ4n) is 3.92. The number of carbonyl (C=O) groups is 1. The molecule has 0 aliphatic rings. The summed E-state index contributed by atoms with van der Waals surface area (Å²) >= 11 is 0. The molecule has 0 aliphatic carbocycles. The van der Waals surface area contributed by atoms with Crippen molar-refractivity contribution < 1.29 is 14.4 Å². The molecule has 1 heterocycles. The predicted octanol–water partition coefficient (Wildman–Crippen LogP) is 5.72. The molecule has 6 heteroatoms. The second-order valence-corrected chi connectivity index (χ2v) is 9.07. The van der Waals surface area contributed by atoms with E-state index in [1.54, 1.807) is 0 Å². The van der Waals surface area contributed by atoms with Crippen LogP contribution in [0.15, 0.2) is 79.1 Å². The highest BCUT2D eigenvalue weighted by Gasteiger charge is 2.13. The van der Waals surface area contributed by atoms with Crippen LogP contribution in [0, 0.1) is 5.92 Å². The average molecular weight is 470 g/mol. The van der Waals surface area contributed by atoms with Crippen LogP contribution in [0.1, 0.15) is 49.5 Å². The maximum absolute atomic E-state index is 12.6. The smallest absolute Gasteiger partial charge is 0.350 e. The van der Waals surface area contributed by atoms with E-state index in [1.807, 2.05) is 30.6 Å². The number of aromatic nitrogens is 2. The first kappa shape index (κ1) is 25.6. The van der Waals surface area contributed by atoms with Crippen molar-refractivity contribution in [2.75, 3.05) is 0 Å². The van der Waals surface area contributed by atoms with Crippen molar-refractivity contribution in [2.45, 2.75) is 46.2 Å². The van der Waals surface area contributed by atoms with Gasteiger partial charge in [0.05, 0.1) is 17.4 Å². The molecule has 0 unspecified atom stereocenters. The minimum Gasteiger partial charge on any atom is -0.350 e. The third-order valence-corrected chi connectivity index (χ3v) is 5.85. The van der Waals surface area contributed by atoms with Crippen LogP contribution in [0.25, 0.3) is 22.2 Å². The Bertz CT molecular complexity index is 1270. The molecule has 0 spiro atoms. The normalized spacial score (nSPS) is 11.4. The van der Waals surface area contributed by atoms with E-state index in [1.165, 1.54) is 16.7 Å². The molecule has 1 amide bonds. The molecule has 4 rings (SSSR count). The maximum Gasteiger partial charge on any atom is 0.373 e. The van der Waals surface area contributed by atoms with Gasteiger partial charge in [0, 0.05) is 18.2 Å². The monoisotopic (exact) mass is 469 g/mol. The Hall–Kier alpha value is -4.02. The van der Waals surface area contributed by atoms with E-state index in [0.29, 0.717) is 11.5 Å². The van der Waals surface area contributed by atoms with Crippen molar-refractivity contribution in [1.82, 2.24) is 14.9 Å². The molecular formula is C29H31N3O3. The number of fused-ring (bicyclic) bond motifs is 1. The van der Waals surface area contributed by atoms with Crippen molar-refractivity contribution >= 4 is 23.1 Å². The molecule has 6 nitrogen and oxygen atoms in total. The molecule has 1 atom stereocenters. The zero-order valence-corrected chi connectivity index (χ0v) is 20.4. The topological polar surface area (TPSA) is 81.1 Å². The van der Waals surface area contributed by atoms with Crippen molar-refractivity contribution in [1.29, 1.82) is 0 Å². The molecule has 4 aromatic rings. The lowest BCUT2D eigenvalue weighted by Crippen LogP contribution is -2.32. The van der Waals surface area contributed by atoms with Gasteiger partial charge in [0.1, 0.15) is 0 Å². The summed E-state index contributed by atoms with van der Waals surface area (Å²) in [5, 5.41) is 3.11. The molecule has 0 saturated carbocycles. The van der Waals surface area contributed by atoms with E-state index in [2.05, 4.69) is 84.2 Å². The summed E-state index contributed by atoms with van der Waals surface area (Å²) in [5.41, 5.74) is 6.17. The molecule has 0 radical (unpaired) electrons. The molecule has 0 bridgehead atoms. The van der Waals surface area contributed by atoms with Crippen molar-refractivity contribution in [3.05, 3.63) is 90.3 Å². The number of amides is 1. The van der Waals surface area contributed by atoms with Crippen LogP contribution in [0.4, 0.5) is 0 Å². The molecule has 180 valence electrons. The minimum atomic E-state index is -0.0331. The van der Waals surface area contributed by atoms with Crippen molar-refractivity contribution in [2.24, 2.45) is 5.92 Å². The first-order valence-corrected chi connectivity index (χ1v) is 11.8. The van der Waals surface area contributed by atoms with E-state index in [-0.39, 0.29) is 18.1 Å². The summed E-state index contributed by atoms with van der Waals surface area (Å²) < 4.78 is 2.12. The molecule has 3 aromatic carbocycles. The summed E-state index contributed by atoms with van der Waals surface area (Å²) in [5.74, 6) is 0.610. The Morgan fingerprint density at radius 2 is 1.57 bits per heavy atom. The van der Waals surface area contributed by atoms with Gasteiger partial charge in [0.2, 0.25) is 0 Å². The number of hydrogen-bond acceptors (Lipinski definition) is 4. The summed E-state index contributed by atoms with van der Waals surface area (Å²) in [4.78, 5) is 33.4. The molecule has 0 fully saturated rings. The quantitative estimate of drug-likeness (QED) is 0.358. The number of benzene rings is 3. The number of hydrogen-bond donors (Lipinski definition) is 1. The largest absolute Gasteiger partial charge is 0.373 e. The Balaban J connectivity index is 0.00000108. The Morgan fingerprint density at radius 1 is 0.914 bits per heavy atom. The lowest BCUT2D eigenvalue weighted by atomic mass is 10.0. The van der Waals surface area contributed by atoms with Gasteiger partial charge < -0.3 is 9.88 Å². The van der Waals surface area contributed by atoms with Gasteiger partial charge in [-0.15, -0.1) is 0 Å². The lowest BCUT2D eigenvalue weighted by Gasteiger charge is -2.15. The van der Waals surface area contributed by atoms with Gasteiger partial charge in [-0.1, -0.05) is 68.4 Å². The lowest BCUT2D eigenvalue weighted by molar-refractivity contribution is -0.191. The van der Waals surface area contributed by atoms with Crippen LogP contribution in [-0.4, -0.2) is 27.7 Å². The zero-order valence-electron chi connectivity index (χ0n) is 20.4. The summed E-state index contributed by atoms with van der Waals surface area (Å²) in [6.45, 7) is 7.22. The van der Waals surface area contributed by atoms with Crippen LogP contribution in [0.2, 0.25) is 0 Å². The van der Waals surface area contributed by atoms with Crippen LogP contribution in [0.3, 0.4) is 0 Å². The third-order valence-electron chi connectivity index (χ3n) is 5.85. The molecule has 35 heavy (non-hydrogen) atoms. The first-order valence-electron chi connectivity index (χ1n) is 11.8. The molecule has 1 N–H and O–H groups in total. The van der Waals surface area contributed by atoms with Gasteiger partial charge in [-0.05, 0) is 60.6 Å². The highest BCUT2D eigenvalue weighted by atomic mass is 16.2. The van der Waals surface area contributed by atoms with Crippen LogP contribution >= 0.6 is 0 Å². The number of rotatable bonds is 8. The fraction of sp³-hybridized carbons (Fsp3) is 0.276. The van der Waals surface area contributed by atoms with Gasteiger partial charge in [0.25, 0.3) is 5.91 Å². The zero-order chi connectivity index (χ0) is 25.2. The predicted molar refractivity (Wildman–Crippen MR) is 137 cm³/mol. The van der Waals surface area contributed by atoms with Crippen LogP contribution in [-0.2, 0) is 16.1 Å². The van der Waals surface area contributed by atoms with Crippen molar-refractivity contribution in [3.8, 4) is 11.1 Å². The summed E-state index contributed by atoms with van der Waals surface area (Å²) in [7, 11) is 0. The Kier molecular flexibility index (Phi) is 9.10. The third kappa shape index (κ3) is 7.23. The highest BCUT2D eigenvalue weighted by Crippen LogP contribution is 2.21. The van der Waals surface area contributed by atoms with Gasteiger partial charge in [-0.25, -0.2) is 4.98 Å². The molecule has 1 aromatic heterocycles. The van der Waals surface area contributed by atoms with E-state index in [4.69, 9.17) is 9.59 Å².